The van der Waals surface area contributed by atoms with Gasteiger partial charge in [0.05, 0.1) is 18.5 Å². The van der Waals surface area contributed by atoms with Gasteiger partial charge in [-0.05, 0) is 20.8 Å². The zero-order chi connectivity index (χ0) is 33.2. The van der Waals surface area contributed by atoms with Crippen LogP contribution in [0.3, 0.4) is 0 Å². The van der Waals surface area contributed by atoms with Gasteiger partial charge in [-0.1, -0.05) is 0 Å². The predicted molar refractivity (Wildman–Crippen MR) is 187 cm³/mol. The van der Waals surface area contributed by atoms with Crippen LogP contribution < -0.4 is 9.64 Å². The van der Waals surface area contributed by atoms with E-state index in [1.165, 1.54) is 18.1 Å². The minimum absolute atomic E-state index is 0. The zero-order valence-corrected chi connectivity index (χ0v) is 33.6. The molecular formula is C33H33F3N5O4PSTl-. The maximum absolute atomic E-state index is 16.6. The number of halogens is 3. The van der Waals surface area contributed by atoms with Crippen LogP contribution in [0.5, 0.6) is 5.75 Å². The third kappa shape index (κ3) is 8.25. The Morgan fingerprint density at radius 3 is 2.56 bits per heavy atom. The Bertz CT molecular complexity index is 1950. The maximum Gasteiger partial charge on any atom is -0.153 e. The van der Waals surface area contributed by atoms with Gasteiger partial charge in [-0.15, -0.1) is 0 Å². The summed E-state index contributed by atoms with van der Waals surface area (Å²) in [6.07, 6.45) is -1.85. The molecule has 2 heterocycles. The number of nitriles is 1. The Labute approximate surface area is 302 Å². The summed E-state index contributed by atoms with van der Waals surface area (Å²) in [6.45, 7) is 5.42. The first-order valence-electron chi connectivity index (χ1n) is 14.3. The first-order valence-corrected chi connectivity index (χ1v) is 16.6. The number of anilines is 1. The average molecular weight is 888 g/mol. The fourth-order valence-electron chi connectivity index (χ4n) is 5.52. The number of rotatable bonds is 6. The van der Waals surface area contributed by atoms with Gasteiger partial charge >= 0.3 is 210 Å². The second-order valence-electron chi connectivity index (χ2n) is 11.6. The molecule has 48 heavy (non-hydrogen) atoms. The monoisotopic (exact) mass is 888 g/mol. The summed E-state index contributed by atoms with van der Waals surface area (Å²) in [4.78, 5) is 23.6. The van der Waals surface area contributed by atoms with E-state index >= 15 is 13.2 Å². The number of amides is 1. The fraction of sp³-hybridized carbons (Fsp3) is 0.333. The number of carbonyl (C=O) groups excluding carboxylic acids is 1. The molecule has 1 aromatic heterocycles. The number of ether oxygens (including phenoxy) is 3. The molecule has 0 N–H and O–H groups in total. The Morgan fingerprint density at radius 1 is 1.15 bits per heavy atom. The van der Waals surface area contributed by atoms with Crippen molar-refractivity contribution in [2.75, 3.05) is 38.4 Å². The number of piperazine rings is 1. The molecule has 1 fully saturated rings. The summed E-state index contributed by atoms with van der Waals surface area (Å²) in [5, 5.41) is 10.6. The van der Waals surface area contributed by atoms with E-state index in [4.69, 9.17) is 14.2 Å². The van der Waals surface area contributed by atoms with Crippen LogP contribution in [0.25, 0.3) is 32.8 Å². The largest absolute Gasteiger partial charge is 0.813 e. The summed E-state index contributed by atoms with van der Waals surface area (Å²) in [5.74, 6) is 1.30. The fourth-order valence-corrected chi connectivity index (χ4v) is 6.12. The summed E-state index contributed by atoms with van der Waals surface area (Å²) >= 11 is 0.374. The van der Waals surface area contributed by atoms with Crippen molar-refractivity contribution in [1.82, 2.24) is 14.9 Å². The van der Waals surface area contributed by atoms with Gasteiger partial charge in [0, 0.05) is 6.54 Å². The van der Waals surface area contributed by atoms with E-state index < -0.39 is 46.5 Å². The van der Waals surface area contributed by atoms with Crippen LogP contribution in [-0.2, 0) is 23.0 Å². The molecule has 1 aliphatic rings. The molecule has 0 saturated carbocycles. The first-order chi connectivity index (χ1) is 21.9. The third-order valence-corrected chi connectivity index (χ3v) is 7.90. The quantitative estimate of drug-likeness (QED) is 0.0476. The van der Waals surface area contributed by atoms with E-state index in [-0.39, 0.29) is 73.0 Å². The summed E-state index contributed by atoms with van der Waals surface area (Å²) < 4.78 is 67.0. The second kappa shape index (κ2) is 16.4. The predicted octanol–water partition coefficient (Wildman–Crippen LogP) is 5.45. The van der Waals surface area contributed by atoms with Gasteiger partial charge in [-0.3, -0.25) is 0 Å². The molecular weight excluding hydrogens is 855 g/mol. The van der Waals surface area contributed by atoms with Crippen molar-refractivity contribution < 1.29 is 32.2 Å². The number of fused-ring (bicyclic) bond motifs is 2. The van der Waals surface area contributed by atoms with Gasteiger partial charge in [0.15, 0.2) is 0 Å². The van der Waals surface area contributed by atoms with Gasteiger partial charge in [0.25, 0.3) is 0 Å². The SMILES string of the molecule is COCOc1cc(-c2c(F)cc3c(N4CCN(C(=O)OC(C)(C)C)[C@@H](CC#N)C4)nc(F)nc3c2F)c2c(C#[C][Tl])cccc2c1.P.[SH-]. The summed E-state index contributed by atoms with van der Waals surface area (Å²) in [6, 6.07) is 11.1. The van der Waals surface area contributed by atoms with Crippen LogP contribution in [0, 0.1) is 38.4 Å². The number of hydrogen-bond donors (Lipinski definition) is 0. The molecule has 0 bridgehead atoms. The minimum atomic E-state index is -1.21. The van der Waals surface area contributed by atoms with E-state index in [2.05, 4.69) is 25.4 Å². The Morgan fingerprint density at radius 2 is 1.90 bits per heavy atom. The average Bonchev–Trinajstić information content (AvgIpc) is 2.99. The van der Waals surface area contributed by atoms with Gasteiger partial charge in [0.2, 0.25) is 0 Å². The molecule has 0 radical (unpaired) electrons. The minimum Gasteiger partial charge on any atom is -0.813 e. The van der Waals surface area contributed by atoms with E-state index in [0.29, 0.717) is 47.9 Å². The second-order valence-corrected chi connectivity index (χ2v) is 12.7. The molecule has 250 valence electrons. The molecule has 1 aliphatic heterocycles. The van der Waals surface area contributed by atoms with Gasteiger partial charge in [-0.25, -0.2) is 4.79 Å². The van der Waals surface area contributed by atoms with Crippen LogP contribution in [0.15, 0.2) is 36.4 Å². The van der Waals surface area contributed by atoms with Crippen molar-refractivity contribution >= 4 is 82.7 Å². The molecule has 9 nitrogen and oxygen atoms in total. The van der Waals surface area contributed by atoms with E-state index in [0.717, 1.165) is 6.07 Å². The van der Waals surface area contributed by atoms with Crippen LogP contribution in [0.2, 0.25) is 0 Å². The summed E-state index contributed by atoms with van der Waals surface area (Å²) in [7, 11) is 1.45. The molecule has 1 amide bonds. The van der Waals surface area contributed by atoms with E-state index in [1.54, 1.807) is 49.9 Å². The molecule has 0 aliphatic carbocycles. The Hall–Kier alpha value is -3.37. The van der Waals surface area contributed by atoms with Crippen LogP contribution in [0.4, 0.5) is 23.8 Å². The molecule has 0 spiro atoms. The number of nitrogens with zero attached hydrogens (tertiary/aromatic N) is 5. The summed E-state index contributed by atoms with van der Waals surface area (Å²) in [5.41, 5.74) is -0.865. The van der Waals surface area contributed by atoms with Gasteiger partial charge in [-0.2, -0.15) is 15.2 Å². The van der Waals surface area contributed by atoms with Crippen molar-refractivity contribution in [2.45, 2.75) is 38.8 Å². The third-order valence-electron chi connectivity index (χ3n) is 7.34. The van der Waals surface area contributed by atoms with Gasteiger partial charge < -0.3 is 23.1 Å². The van der Waals surface area contributed by atoms with E-state index in [1.807, 2.05) is 0 Å². The molecule has 15 heteroatoms. The molecule has 2 atom stereocenters. The Kier molecular flexibility index (Phi) is 13.3. The molecule has 1 saturated heterocycles. The van der Waals surface area contributed by atoms with Crippen LogP contribution >= 0.6 is 9.90 Å². The number of benzene rings is 3. The standard InChI is InChI=1S/C33H29F3N5O4.H3P.H2S.Tl/c1-6-19-8-7-9-20-14-22(44-18-43-5)15-23(26(19)20)27-25(34)16-24-29(28(27)35)38-31(36)39-30(24)40-12-13-41(21(17-40)10-11-37)32(42)45-33(2,3)4;;;/h7-9,14-16,21H,10,12-13,17-18H2,2-5H3;1H3;1H2;/p-1/t21-;;;/m0.../s1. The zero-order valence-electron chi connectivity index (χ0n) is 26.8. The number of methoxy groups -OCH3 is 1. The van der Waals surface area contributed by atoms with Crippen molar-refractivity contribution in [3.05, 3.63) is 59.7 Å². The number of thiol groups is 1. The molecule has 1 unspecified atom stereocenters. The van der Waals surface area contributed by atoms with Crippen molar-refractivity contribution in [2.24, 2.45) is 0 Å². The van der Waals surface area contributed by atoms with Crippen LogP contribution in [-0.4, -0.2) is 91.9 Å². The first kappa shape index (κ1) is 39.1. The smallest absolute Gasteiger partial charge is 0.153 e. The topological polar surface area (TPSA) is 101 Å². The molecule has 3 aromatic carbocycles. The molecule has 5 rings (SSSR count). The number of hydrogen-bond acceptors (Lipinski definition) is 9. The molecule has 4 aromatic rings. The van der Waals surface area contributed by atoms with Crippen LogP contribution in [0.1, 0.15) is 32.8 Å². The van der Waals surface area contributed by atoms with Crippen molar-refractivity contribution in [3.63, 3.8) is 0 Å². The van der Waals surface area contributed by atoms with Crippen molar-refractivity contribution in [1.29, 1.82) is 5.26 Å². The van der Waals surface area contributed by atoms with Crippen molar-refractivity contribution in [3.8, 4) is 32.3 Å². The maximum atomic E-state index is 16.6. The number of aromatic nitrogens is 2. The Balaban J connectivity index is 0.00000312. The van der Waals surface area contributed by atoms with E-state index in [9.17, 15) is 10.1 Å². The normalized spacial score (nSPS) is 14.3. The van der Waals surface area contributed by atoms with Gasteiger partial charge in [0.1, 0.15) is 5.60 Å². The number of carbonyl (C=O) groups is 1.